The van der Waals surface area contributed by atoms with Crippen molar-refractivity contribution in [2.45, 2.75) is 18.2 Å². The zero-order valence-electron chi connectivity index (χ0n) is 12.8. The molecular formula is C17H11F4NO3. The predicted octanol–water partition coefficient (Wildman–Crippen LogP) is 4.19. The van der Waals surface area contributed by atoms with Crippen molar-refractivity contribution in [1.82, 2.24) is 0 Å². The lowest BCUT2D eigenvalue weighted by molar-refractivity contribution is -0.143. The Morgan fingerprint density at radius 3 is 2.48 bits per heavy atom. The Balaban J connectivity index is 2.12. The number of hydrogen-bond acceptors (Lipinski definition) is 4. The van der Waals surface area contributed by atoms with Crippen LogP contribution in [-0.2, 0) is 0 Å². The fourth-order valence-electron chi connectivity index (χ4n) is 2.74. The van der Waals surface area contributed by atoms with E-state index >= 15 is 0 Å². The van der Waals surface area contributed by atoms with Gasteiger partial charge in [-0.15, -0.1) is 0 Å². The lowest BCUT2D eigenvalue weighted by Crippen LogP contribution is -2.24. The van der Waals surface area contributed by atoms with Crippen molar-refractivity contribution >= 4 is 0 Å². The summed E-state index contributed by atoms with van der Waals surface area (Å²) in [6.45, 7) is 0. The van der Waals surface area contributed by atoms with Crippen molar-refractivity contribution < 1.29 is 32.1 Å². The van der Waals surface area contributed by atoms with Crippen molar-refractivity contribution in [3.8, 4) is 23.3 Å². The third-order valence-electron chi connectivity index (χ3n) is 3.88. The minimum atomic E-state index is -4.06. The van der Waals surface area contributed by atoms with Gasteiger partial charge in [0.15, 0.2) is 6.17 Å². The smallest absolute Gasteiger partial charge is 0.312 e. The maximum Gasteiger partial charge on any atom is 0.312 e. The summed E-state index contributed by atoms with van der Waals surface area (Å²) >= 11 is 0. The first-order valence-corrected chi connectivity index (χ1v) is 7.09. The zero-order valence-corrected chi connectivity index (χ0v) is 12.8. The Morgan fingerprint density at radius 2 is 1.84 bits per heavy atom. The number of alkyl halides is 3. The van der Waals surface area contributed by atoms with E-state index in [-0.39, 0.29) is 22.8 Å². The fourth-order valence-corrected chi connectivity index (χ4v) is 2.74. The normalized spacial score (nSPS) is 20.7. The Hall–Kier alpha value is -2.79. The third kappa shape index (κ3) is 2.66. The van der Waals surface area contributed by atoms with Crippen molar-refractivity contribution in [3.63, 3.8) is 0 Å². The molecule has 1 aliphatic rings. The number of aliphatic hydroxyl groups excluding tert-OH is 1. The summed E-state index contributed by atoms with van der Waals surface area (Å²) in [7, 11) is 1.19. The van der Waals surface area contributed by atoms with Crippen LogP contribution < -0.4 is 9.47 Å². The molecule has 2 aromatic rings. The van der Waals surface area contributed by atoms with E-state index in [2.05, 4.69) is 0 Å². The highest BCUT2D eigenvalue weighted by molar-refractivity contribution is 5.57. The van der Waals surface area contributed by atoms with Crippen LogP contribution in [0.1, 0.15) is 29.0 Å². The molecule has 0 bridgehead atoms. The van der Waals surface area contributed by atoms with E-state index in [0.29, 0.717) is 0 Å². The molecule has 8 heteroatoms. The van der Waals surface area contributed by atoms with Gasteiger partial charge in [0.1, 0.15) is 29.2 Å². The van der Waals surface area contributed by atoms with Crippen molar-refractivity contribution in [1.29, 1.82) is 5.26 Å². The van der Waals surface area contributed by atoms with Gasteiger partial charge in [-0.05, 0) is 24.3 Å². The summed E-state index contributed by atoms with van der Waals surface area (Å²) in [5.74, 6) is -5.45. The van der Waals surface area contributed by atoms with Crippen LogP contribution in [0.3, 0.4) is 0 Å². The monoisotopic (exact) mass is 353 g/mol. The SMILES string of the molecule is COc1ccc(Oc2cc(F)cc(C#N)c2)c2c1[C@H](O)C(F)(F)[C@H]2F. The molecule has 130 valence electrons. The molecule has 0 heterocycles. The number of rotatable bonds is 3. The van der Waals surface area contributed by atoms with E-state index in [1.165, 1.54) is 25.3 Å². The number of nitrogens with zero attached hydrogens (tertiary/aromatic N) is 1. The standard InChI is InChI=1S/C17H11F4NO3/c1-24-11-2-3-12(13-14(11)16(23)17(20,21)15(13)19)25-10-5-8(7-22)4-9(18)6-10/h2-6,15-16,23H,1H3/t15-,16-/m0/s1. The summed E-state index contributed by atoms with van der Waals surface area (Å²) in [4.78, 5) is 0. The molecule has 0 aliphatic heterocycles. The second-order valence-corrected chi connectivity index (χ2v) is 5.42. The zero-order chi connectivity index (χ0) is 18.4. The molecule has 0 amide bonds. The first kappa shape index (κ1) is 17.0. The van der Waals surface area contributed by atoms with Gasteiger partial charge in [-0.2, -0.15) is 14.0 Å². The van der Waals surface area contributed by atoms with Gasteiger partial charge in [0, 0.05) is 17.2 Å². The number of nitriles is 1. The molecule has 3 rings (SSSR count). The van der Waals surface area contributed by atoms with Crippen LogP contribution in [0.25, 0.3) is 0 Å². The summed E-state index contributed by atoms with van der Waals surface area (Å²) in [5.41, 5.74) is -1.05. The van der Waals surface area contributed by atoms with Crippen molar-refractivity contribution in [2.75, 3.05) is 7.11 Å². The first-order chi connectivity index (χ1) is 11.8. The lowest BCUT2D eigenvalue weighted by atomic mass is 10.1. The van der Waals surface area contributed by atoms with Gasteiger partial charge in [-0.1, -0.05) is 0 Å². The number of hydrogen-bond donors (Lipinski definition) is 1. The van der Waals surface area contributed by atoms with Gasteiger partial charge in [-0.25, -0.2) is 8.78 Å². The molecule has 1 aliphatic carbocycles. The van der Waals surface area contributed by atoms with Crippen molar-refractivity contribution in [3.05, 3.63) is 52.8 Å². The first-order valence-electron chi connectivity index (χ1n) is 7.09. The lowest BCUT2D eigenvalue weighted by Gasteiger charge is -2.16. The molecule has 0 fully saturated rings. The molecule has 0 unspecified atom stereocenters. The minimum absolute atomic E-state index is 0.0534. The number of methoxy groups -OCH3 is 1. The number of aliphatic hydroxyl groups is 1. The molecular weight excluding hydrogens is 342 g/mol. The predicted molar refractivity (Wildman–Crippen MR) is 77.9 cm³/mol. The topological polar surface area (TPSA) is 62.5 Å². The van der Waals surface area contributed by atoms with Gasteiger partial charge in [-0.3, -0.25) is 0 Å². The average Bonchev–Trinajstić information content (AvgIpc) is 2.76. The summed E-state index contributed by atoms with van der Waals surface area (Å²) in [5, 5.41) is 18.6. The van der Waals surface area contributed by atoms with E-state index in [1.54, 1.807) is 6.07 Å². The van der Waals surface area contributed by atoms with Gasteiger partial charge in [0.2, 0.25) is 0 Å². The van der Waals surface area contributed by atoms with Crippen LogP contribution in [0, 0.1) is 17.1 Å². The highest BCUT2D eigenvalue weighted by atomic mass is 19.3. The molecule has 0 saturated heterocycles. The molecule has 2 aromatic carbocycles. The second kappa shape index (κ2) is 5.93. The highest BCUT2D eigenvalue weighted by Crippen LogP contribution is 2.58. The molecule has 1 N–H and O–H groups in total. The van der Waals surface area contributed by atoms with Gasteiger partial charge < -0.3 is 14.6 Å². The van der Waals surface area contributed by atoms with E-state index in [0.717, 1.165) is 12.1 Å². The van der Waals surface area contributed by atoms with Gasteiger partial charge in [0.25, 0.3) is 0 Å². The quantitative estimate of drug-likeness (QED) is 0.841. The Bertz CT molecular complexity index is 879. The molecule has 0 spiro atoms. The number of benzene rings is 2. The third-order valence-corrected chi connectivity index (χ3v) is 3.88. The molecule has 0 saturated carbocycles. The van der Waals surface area contributed by atoms with Crippen LogP contribution in [0.5, 0.6) is 17.2 Å². The molecule has 0 radical (unpaired) electrons. The summed E-state index contributed by atoms with van der Waals surface area (Å²) in [6, 6.07) is 7.19. The van der Waals surface area contributed by atoms with E-state index in [9.17, 15) is 22.7 Å². The van der Waals surface area contributed by atoms with Gasteiger partial charge >= 0.3 is 5.92 Å². The number of fused-ring (bicyclic) bond motifs is 1. The highest BCUT2D eigenvalue weighted by Gasteiger charge is 2.58. The van der Waals surface area contributed by atoms with Crippen LogP contribution in [-0.4, -0.2) is 18.1 Å². The molecule has 0 aromatic heterocycles. The minimum Gasteiger partial charge on any atom is -0.496 e. The Morgan fingerprint density at radius 1 is 1.16 bits per heavy atom. The summed E-state index contributed by atoms with van der Waals surface area (Å²) in [6.07, 6.45) is -5.23. The molecule has 4 nitrogen and oxygen atoms in total. The maximum atomic E-state index is 14.3. The second-order valence-electron chi connectivity index (χ2n) is 5.42. The molecule has 2 atom stereocenters. The van der Waals surface area contributed by atoms with E-state index < -0.39 is 35.1 Å². The number of ether oxygens (including phenoxy) is 2. The largest absolute Gasteiger partial charge is 0.496 e. The van der Waals surface area contributed by atoms with Gasteiger partial charge in [0.05, 0.1) is 18.7 Å². The average molecular weight is 353 g/mol. The van der Waals surface area contributed by atoms with Crippen LogP contribution in [0.4, 0.5) is 17.6 Å². The molecule has 25 heavy (non-hydrogen) atoms. The van der Waals surface area contributed by atoms with Crippen LogP contribution in [0.2, 0.25) is 0 Å². The summed E-state index contributed by atoms with van der Waals surface area (Å²) < 4.78 is 65.8. The number of halogens is 4. The Kier molecular flexibility index (Phi) is 4.05. The Labute approximate surface area is 139 Å². The van der Waals surface area contributed by atoms with Crippen molar-refractivity contribution in [2.24, 2.45) is 0 Å². The van der Waals surface area contributed by atoms with E-state index in [4.69, 9.17) is 14.7 Å². The van der Waals surface area contributed by atoms with E-state index in [1.807, 2.05) is 0 Å². The fraction of sp³-hybridized carbons (Fsp3) is 0.235. The van der Waals surface area contributed by atoms with Crippen LogP contribution in [0.15, 0.2) is 30.3 Å². The maximum absolute atomic E-state index is 14.3. The van der Waals surface area contributed by atoms with Crippen LogP contribution >= 0.6 is 0 Å².